The van der Waals surface area contributed by atoms with Crippen molar-refractivity contribution in [2.24, 2.45) is 11.8 Å². The molecular weight excluding hydrogens is 210 g/mol. The van der Waals surface area contributed by atoms with Gasteiger partial charge in [0.1, 0.15) is 0 Å². The van der Waals surface area contributed by atoms with Crippen molar-refractivity contribution in [3.05, 3.63) is 0 Å². The van der Waals surface area contributed by atoms with E-state index in [4.69, 9.17) is 9.47 Å². The van der Waals surface area contributed by atoms with Crippen molar-refractivity contribution in [3.8, 4) is 0 Å². The van der Waals surface area contributed by atoms with Gasteiger partial charge in [-0.05, 0) is 20.9 Å². The summed E-state index contributed by atoms with van der Waals surface area (Å²) in [5.41, 5.74) is 0. The fourth-order valence-corrected chi connectivity index (χ4v) is 1.98. The molecule has 0 N–H and O–H groups in total. The molecular formula is C11H19NO4. The number of carbonyl (C=O) groups excluding carboxylic acids is 2. The van der Waals surface area contributed by atoms with E-state index in [1.807, 2.05) is 11.9 Å². The maximum atomic E-state index is 11.7. The smallest absolute Gasteiger partial charge is 0.311 e. The summed E-state index contributed by atoms with van der Waals surface area (Å²) >= 11 is 0. The lowest BCUT2D eigenvalue weighted by molar-refractivity contribution is -0.157. The van der Waals surface area contributed by atoms with E-state index < -0.39 is 0 Å². The van der Waals surface area contributed by atoms with Crippen LogP contribution in [0.2, 0.25) is 0 Å². The lowest BCUT2D eigenvalue weighted by Crippen LogP contribution is -2.31. The molecule has 0 amide bonds. The van der Waals surface area contributed by atoms with Gasteiger partial charge in [0.15, 0.2) is 0 Å². The first-order chi connectivity index (χ1) is 7.60. The maximum Gasteiger partial charge on any atom is 0.311 e. The highest BCUT2D eigenvalue weighted by Crippen LogP contribution is 2.24. The summed E-state index contributed by atoms with van der Waals surface area (Å²) < 4.78 is 9.92. The minimum Gasteiger partial charge on any atom is -0.466 e. The van der Waals surface area contributed by atoms with Gasteiger partial charge >= 0.3 is 11.9 Å². The van der Waals surface area contributed by atoms with Crippen LogP contribution in [0.15, 0.2) is 0 Å². The Labute approximate surface area is 95.7 Å². The second kappa shape index (κ2) is 5.84. The van der Waals surface area contributed by atoms with Crippen molar-refractivity contribution < 1.29 is 19.1 Å². The topological polar surface area (TPSA) is 55.8 Å². The third kappa shape index (κ3) is 2.95. The molecule has 1 fully saturated rings. The first-order valence-corrected chi connectivity index (χ1v) is 5.61. The van der Waals surface area contributed by atoms with E-state index >= 15 is 0 Å². The largest absolute Gasteiger partial charge is 0.466 e. The second-order valence-corrected chi connectivity index (χ2v) is 3.94. The van der Waals surface area contributed by atoms with E-state index in [0.717, 1.165) is 0 Å². The average Bonchev–Trinajstić information content (AvgIpc) is 2.61. The van der Waals surface area contributed by atoms with Crippen LogP contribution in [0.1, 0.15) is 13.8 Å². The van der Waals surface area contributed by atoms with E-state index in [1.165, 1.54) is 0 Å². The molecule has 1 aliphatic heterocycles. The summed E-state index contributed by atoms with van der Waals surface area (Å²) in [5, 5.41) is 0. The molecule has 0 aromatic heterocycles. The van der Waals surface area contributed by atoms with Crippen LogP contribution in [0.3, 0.4) is 0 Å². The fourth-order valence-electron chi connectivity index (χ4n) is 1.98. The maximum absolute atomic E-state index is 11.7. The molecule has 16 heavy (non-hydrogen) atoms. The van der Waals surface area contributed by atoms with E-state index in [-0.39, 0.29) is 23.8 Å². The summed E-state index contributed by atoms with van der Waals surface area (Å²) in [5.74, 6) is -1.37. The Bertz CT molecular complexity index is 241. The van der Waals surface area contributed by atoms with Gasteiger partial charge in [-0.25, -0.2) is 0 Å². The van der Waals surface area contributed by atoms with E-state index in [9.17, 15) is 9.59 Å². The van der Waals surface area contributed by atoms with Crippen LogP contribution >= 0.6 is 0 Å². The molecule has 0 bridgehead atoms. The van der Waals surface area contributed by atoms with Crippen molar-refractivity contribution in [2.75, 3.05) is 33.4 Å². The molecule has 0 spiro atoms. The minimum atomic E-state index is -0.385. The van der Waals surface area contributed by atoms with Crippen molar-refractivity contribution in [3.63, 3.8) is 0 Å². The Morgan fingerprint density at radius 1 is 1.06 bits per heavy atom. The van der Waals surface area contributed by atoms with Crippen molar-refractivity contribution in [2.45, 2.75) is 13.8 Å². The minimum absolute atomic E-state index is 0.301. The molecule has 0 aromatic carbocycles. The molecule has 5 nitrogen and oxygen atoms in total. The molecule has 2 atom stereocenters. The molecule has 0 radical (unpaired) electrons. The zero-order chi connectivity index (χ0) is 12.1. The van der Waals surface area contributed by atoms with E-state index in [1.54, 1.807) is 13.8 Å². The van der Waals surface area contributed by atoms with Gasteiger partial charge in [-0.1, -0.05) is 0 Å². The zero-order valence-electron chi connectivity index (χ0n) is 10.1. The first-order valence-electron chi connectivity index (χ1n) is 5.61. The van der Waals surface area contributed by atoms with Crippen LogP contribution in [-0.4, -0.2) is 50.2 Å². The number of rotatable bonds is 4. The molecule has 5 heteroatoms. The Kier molecular flexibility index (Phi) is 4.73. The highest BCUT2D eigenvalue weighted by molar-refractivity contribution is 5.83. The molecule has 92 valence electrons. The monoisotopic (exact) mass is 229 g/mol. The van der Waals surface area contributed by atoms with Crippen LogP contribution in [0.25, 0.3) is 0 Å². The zero-order valence-corrected chi connectivity index (χ0v) is 10.1. The van der Waals surface area contributed by atoms with Crippen LogP contribution in [0, 0.1) is 11.8 Å². The lowest BCUT2D eigenvalue weighted by atomic mass is 9.96. The quantitative estimate of drug-likeness (QED) is 0.649. The Balaban J connectivity index is 2.66. The summed E-state index contributed by atoms with van der Waals surface area (Å²) in [6.45, 7) is 5.32. The number of esters is 2. The Hall–Kier alpha value is -1.10. The molecule has 0 aromatic rings. The number of carbonyl (C=O) groups is 2. The molecule has 1 heterocycles. The van der Waals surface area contributed by atoms with Gasteiger partial charge in [0.05, 0.1) is 25.0 Å². The van der Waals surface area contributed by atoms with Gasteiger partial charge in [0.2, 0.25) is 0 Å². The Morgan fingerprint density at radius 2 is 1.44 bits per heavy atom. The molecule has 1 saturated heterocycles. The second-order valence-electron chi connectivity index (χ2n) is 3.94. The van der Waals surface area contributed by atoms with Crippen LogP contribution in [0.4, 0.5) is 0 Å². The van der Waals surface area contributed by atoms with Gasteiger partial charge in [-0.3, -0.25) is 9.59 Å². The normalized spacial score (nSPS) is 25.4. The molecule has 1 aliphatic rings. The van der Waals surface area contributed by atoms with Gasteiger partial charge < -0.3 is 14.4 Å². The SMILES string of the molecule is CCOC(=O)C1CN(C)CC1C(=O)OCC. The Morgan fingerprint density at radius 3 is 1.75 bits per heavy atom. The van der Waals surface area contributed by atoms with E-state index in [2.05, 4.69) is 0 Å². The van der Waals surface area contributed by atoms with Gasteiger partial charge in [-0.2, -0.15) is 0 Å². The van der Waals surface area contributed by atoms with Crippen molar-refractivity contribution in [1.29, 1.82) is 0 Å². The molecule has 0 aliphatic carbocycles. The van der Waals surface area contributed by atoms with E-state index in [0.29, 0.717) is 26.3 Å². The fraction of sp³-hybridized carbons (Fsp3) is 0.818. The number of hydrogen-bond donors (Lipinski definition) is 0. The molecule has 2 unspecified atom stereocenters. The molecule has 1 rings (SSSR count). The predicted molar refractivity (Wildman–Crippen MR) is 57.7 cm³/mol. The third-order valence-electron chi connectivity index (χ3n) is 2.68. The first kappa shape index (κ1) is 13.0. The van der Waals surface area contributed by atoms with Gasteiger partial charge in [0.25, 0.3) is 0 Å². The number of hydrogen-bond acceptors (Lipinski definition) is 5. The van der Waals surface area contributed by atoms with Crippen molar-refractivity contribution in [1.82, 2.24) is 4.90 Å². The standard InChI is InChI=1S/C11H19NO4/c1-4-15-10(13)8-6-12(3)7-9(8)11(14)16-5-2/h8-9H,4-7H2,1-3H3. The molecule has 0 saturated carbocycles. The van der Waals surface area contributed by atoms with Crippen molar-refractivity contribution >= 4 is 11.9 Å². The van der Waals surface area contributed by atoms with Gasteiger partial charge in [-0.15, -0.1) is 0 Å². The summed E-state index contributed by atoms with van der Waals surface area (Å²) in [7, 11) is 1.88. The third-order valence-corrected chi connectivity index (χ3v) is 2.68. The number of nitrogens with zero attached hydrogens (tertiary/aromatic N) is 1. The number of likely N-dealkylation sites (tertiary alicyclic amines) is 1. The van der Waals surface area contributed by atoms with Crippen LogP contribution < -0.4 is 0 Å². The predicted octanol–water partition coefficient (Wildman–Crippen LogP) is 0.290. The van der Waals surface area contributed by atoms with Crippen LogP contribution in [0.5, 0.6) is 0 Å². The van der Waals surface area contributed by atoms with Gasteiger partial charge in [0, 0.05) is 13.1 Å². The highest BCUT2D eigenvalue weighted by Gasteiger charge is 2.42. The summed E-state index contributed by atoms with van der Waals surface area (Å²) in [6.07, 6.45) is 0. The summed E-state index contributed by atoms with van der Waals surface area (Å²) in [4.78, 5) is 25.3. The van der Waals surface area contributed by atoms with Crippen LogP contribution in [-0.2, 0) is 19.1 Å². The highest BCUT2D eigenvalue weighted by atomic mass is 16.5. The number of ether oxygens (including phenoxy) is 2. The summed E-state index contributed by atoms with van der Waals surface area (Å²) in [6, 6.07) is 0. The average molecular weight is 229 g/mol. The lowest BCUT2D eigenvalue weighted by Gasteiger charge is -2.15.